The Bertz CT molecular complexity index is 814. The predicted octanol–water partition coefficient (Wildman–Crippen LogP) is 6.59. The molecule has 0 aliphatic carbocycles. The first-order valence-corrected chi connectivity index (χ1v) is 10.4. The summed E-state index contributed by atoms with van der Waals surface area (Å²) >= 11 is 3.51. The van der Waals surface area contributed by atoms with Crippen LogP contribution in [-0.4, -0.2) is 5.97 Å². The van der Waals surface area contributed by atoms with Crippen molar-refractivity contribution in [2.75, 3.05) is 5.32 Å². The molecule has 0 unspecified atom stereocenters. The van der Waals surface area contributed by atoms with Crippen LogP contribution < -0.4 is 5.32 Å². The van der Waals surface area contributed by atoms with E-state index in [-0.39, 0.29) is 23.5 Å². The van der Waals surface area contributed by atoms with Crippen molar-refractivity contribution >= 4 is 27.6 Å². The first-order valence-electron chi connectivity index (χ1n) is 9.65. The Morgan fingerprint density at radius 3 is 2.52 bits per heavy atom. The fraction of sp³-hybridized carbons (Fsp3) is 0.435. The van der Waals surface area contributed by atoms with Crippen LogP contribution in [0.4, 0.5) is 5.69 Å². The Balaban J connectivity index is 2.05. The van der Waals surface area contributed by atoms with Crippen LogP contribution in [0.15, 0.2) is 46.9 Å². The van der Waals surface area contributed by atoms with Gasteiger partial charge in [-0.2, -0.15) is 0 Å². The second kappa shape index (κ2) is 8.05. The minimum absolute atomic E-state index is 0.0453. The minimum atomic E-state index is -0.296. The van der Waals surface area contributed by atoms with Crippen molar-refractivity contribution < 1.29 is 9.53 Å². The molecule has 2 atom stereocenters. The highest BCUT2D eigenvalue weighted by Crippen LogP contribution is 2.53. The zero-order chi connectivity index (χ0) is 19.6. The topological polar surface area (TPSA) is 38.3 Å². The van der Waals surface area contributed by atoms with Gasteiger partial charge in [0, 0.05) is 28.1 Å². The van der Waals surface area contributed by atoms with Crippen molar-refractivity contribution in [3.05, 3.63) is 63.6 Å². The molecule has 4 heteroatoms. The van der Waals surface area contributed by atoms with Crippen molar-refractivity contribution in [1.82, 2.24) is 0 Å². The highest BCUT2D eigenvalue weighted by Gasteiger charge is 2.46. The monoisotopic (exact) mass is 429 g/mol. The fourth-order valence-corrected chi connectivity index (χ4v) is 4.20. The maximum Gasteiger partial charge on any atom is 0.303 e. The Morgan fingerprint density at radius 2 is 1.89 bits per heavy atom. The number of fused-ring (bicyclic) bond motifs is 1. The number of unbranched alkanes of at least 4 members (excludes halogenated alkanes) is 1. The predicted molar refractivity (Wildman–Crippen MR) is 114 cm³/mol. The Hall–Kier alpha value is -1.81. The first kappa shape index (κ1) is 19.9. The SMILES string of the molecule is CCCCc1ccc2c(c1)[C@H](OC(C)=O)C(C)(C)[C@H](c1ccc(Br)cc1)N2. The van der Waals surface area contributed by atoms with E-state index in [2.05, 4.69) is 84.5 Å². The van der Waals surface area contributed by atoms with Crippen LogP contribution in [0, 0.1) is 5.41 Å². The van der Waals surface area contributed by atoms with Crippen LogP contribution in [-0.2, 0) is 16.0 Å². The van der Waals surface area contributed by atoms with Gasteiger partial charge in [-0.3, -0.25) is 4.79 Å². The lowest BCUT2D eigenvalue weighted by molar-refractivity contribution is -0.154. The van der Waals surface area contributed by atoms with Gasteiger partial charge in [-0.15, -0.1) is 0 Å². The third kappa shape index (κ3) is 4.21. The summed E-state index contributed by atoms with van der Waals surface area (Å²) in [6.45, 7) is 8.03. The molecule has 1 N–H and O–H groups in total. The molecule has 1 aliphatic heterocycles. The fourth-order valence-electron chi connectivity index (χ4n) is 3.94. The smallest absolute Gasteiger partial charge is 0.303 e. The summed E-state index contributed by atoms with van der Waals surface area (Å²) in [7, 11) is 0. The van der Waals surface area contributed by atoms with Crippen LogP contribution in [0.2, 0.25) is 0 Å². The number of ether oxygens (including phenoxy) is 1. The van der Waals surface area contributed by atoms with Crippen LogP contribution in [0.25, 0.3) is 0 Å². The summed E-state index contributed by atoms with van der Waals surface area (Å²) in [5.74, 6) is -0.241. The molecule has 0 saturated carbocycles. The molecule has 0 radical (unpaired) electrons. The van der Waals surface area contributed by atoms with E-state index in [0.717, 1.165) is 28.6 Å². The van der Waals surface area contributed by atoms with E-state index in [1.54, 1.807) is 0 Å². The van der Waals surface area contributed by atoms with Crippen molar-refractivity contribution in [3.63, 3.8) is 0 Å². The molecule has 0 bridgehead atoms. The Labute approximate surface area is 170 Å². The van der Waals surface area contributed by atoms with Crippen molar-refractivity contribution in [2.24, 2.45) is 5.41 Å². The number of esters is 1. The van der Waals surface area contributed by atoms with Gasteiger partial charge in [-0.25, -0.2) is 0 Å². The number of carbonyl (C=O) groups excluding carboxylic acids is 1. The number of nitrogens with one attached hydrogen (secondary N) is 1. The highest BCUT2D eigenvalue weighted by molar-refractivity contribution is 9.10. The zero-order valence-electron chi connectivity index (χ0n) is 16.5. The normalized spacial score (nSPS) is 20.5. The lowest BCUT2D eigenvalue weighted by atomic mass is 9.70. The van der Waals surface area contributed by atoms with Crippen LogP contribution in [0.1, 0.15) is 69.4 Å². The first-order chi connectivity index (χ1) is 12.8. The molecule has 2 aromatic carbocycles. The summed E-state index contributed by atoms with van der Waals surface area (Å²) in [5.41, 5.74) is 4.31. The Morgan fingerprint density at radius 1 is 1.19 bits per heavy atom. The number of rotatable bonds is 5. The van der Waals surface area contributed by atoms with Gasteiger partial charge in [-0.1, -0.05) is 67.4 Å². The van der Waals surface area contributed by atoms with E-state index >= 15 is 0 Å². The minimum Gasteiger partial charge on any atom is -0.457 e. The second-order valence-electron chi connectivity index (χ2n) is 7.96. The molecule has 2 aromatic rings. The van der Waals surface area contributed by atoms with Gasteiger partial charge in [0.1, 0.15) is 6.10 Å². The number of aryl methyl sites for hydroxylation is 1. The average Bonchev–Trinajstić information content (AvgIpc) is 2.63. The average molecular weight is 430 g/mol. The number of hydrogen-bond acceptors (Lipinski definition) is 3. The van der Waals surface area contributed by atoms with Crippen LogP contribution in [0.3, 0.4) is 0 Å². The van der Waals surface area contributed by atoms with Crippen LogP contribution >= 0.6 is 15.9 Å². The van der Waals surface area contributed by atoms with Gasteiger partial charge in [0.05, 0.1) is 6.04 Å². The molecule has 0 spiro atoms. The summed E-state index contributed by atoms with van der Waals surface area (Å²) < 4.78 is 6.93. The van der Waals surface area contributed by atoms with Crippen molar-refractivity contribution in [2.45, 2.75) is 59.1 Å². The maximum absolute atomic E-state index is 11.9. The maximum atomic E-state index is 11.9. The molecule has 0 saturated heterocycles. The second-order valence-corrected chi connectivity index (χ2v) is 8.88. The molecule has 1 heterocycles. The molecule has 0 aromatic heterocycles. The lowest BCUT2D eigenvalue weighted by Crippen LogP contribution is -2.40. The third-order valence-corrected chi connectivity index (χ3v) is 5.95. The standard InChI is InChI=1S/C23H28BrNO2/c1-5-6-7-16-8-13-20-19(14-16)22(27-15(2)26)23(3,4)21(25-20)17-9-11-18(24)12-10-17/h8-14,21-22,25H,5-7H2,1-4H3/t21-,22-/m0/s1. The molecule has 27 heavy (non-hydrogen) atoms. The zero-order valence-corrected chi connectivity index (χ0v) is 18.1. The summed E-state index contributed by atoms with van der Waals surface area (Å²) in [6.07, 6.45) is 3.09. The Kier molecular flexibility index (Phi) is 5.95. The molecule has 1 aliphatic rings. The summed E-state index contributed by atoms with van der Waals surface area (Å²) in [6, 6.07) is 14.9. The number of halogens is 1. The van der Waals surface area contributed by atoms with Gasteiger partial charge in [0.15, 0.2) is 0 Å². The quantitative estimate of drug-likeness (QED) is 0.544. The van der Waals surface area contributed by atoms with E-state index in [1.807, 2.05) is 0 Å². The third-order valence-electron chi connectivity index (χ3n) is 5.42. The van der Waals surface area contributed by atoms with Gasteiger partial charge < -0.3 is 10.1 Å². The molecular formula is C23H28BrNO2. The van der Waals surface area contributed by atoms with E-state index < -0.39 is 0 Å². The lowest BCUT2D eigenvalue weighted by Gasteiger charge is -2.46. The van der Waals surface area contributed by atoms with E-state index in [0.29, 0.717) is 0 Å². The number of benzene rings is 2. The van der Waals surface area contributed by atoms with Gasteiger partial charge in [-0.05, 0) is 42.2 Å². The molecule has 144 valence electrons. The summed E-state index contributed by atoms with van der Waals surface area (Å²) in [4.78, 5) is 11.9. The molecular weight excluding hydrogens is 402 g/mol. The number of carbonyl (C=O) groups is 1. The number of hydrogen-bond donors (Lipinski definition) is 1. The van der Waals surface area contributed by atoms with Gasteiger partial charge >= 0.3 is 5.97 Å². The van der Waals surface area contributed by atoms with E-state index in [9.17, 15) is 4.79 Å². The highest BCUT2D eigenvalue weighted by atomic mass is 79.9. The van der Waals surface area contributed by atoms with Crippen molar-refractivity contribution in [3.8, 4) is 0 Å². The van der Waals surface area contributed by atoms with E-state index in [1.165, 1.54) is 24.5 Å². The molecule has 0 amide bonds. The van der Waals surface area contributed by atoms with Crippen molar-refractivity contribution in [1.29, 1.82) is 0 Å². The molecule has 3 nitrogen and oxygen atoms in total. The summed E-state index contributed by atoms with van der Waals surface area (Å²) in [5, 5.41) is 3.70. The van der Waals surface area contributed by atoms with Crippen LogP contribution in [0.5, 0.6) is 0 Å². The molecule has 0 fully saturated rings. The van der Waals surface area contributed by atoms with Gasteiger partial charge in [0.25, 0.3) is 0 Å². The molecule has 3 rings (SSSR count). The van der Waals surface area contributed by atoms with E-state index in [4.69, 9.17) is 4.74 Å². The van der Waals surface area contributed by atoms with Gasteiger partial charge in [0.2, 0.25) is 0 Å². The number of anilines is 1. The largest absolute Gasteiger partial charge is 0.457 e.